The van der Waals surface area contributed by atoms with Crippen LogP contribution in [0.15, 0.2) is 28.7 Å². The van der Waals surface area contributed by atoms with Gasteiger partial charge in [-0.15, -0.1) is 0 Å². The van der Waals surface area contributed by atoms with E-state index < -0.39 is 0 Å². The van der Waals surface area contributed by atoms with Gasteiger partial charge in [-0.25, -0.2) is 9.97 Å². The number of likely N-dealkylation sites (N-methyl/N-ethyl adjacent to an activating group) is 1. The first-order valence-electron chi connectivity index (χ1n) is 7.48. The summed E-state index contributed by atoms with van der Waals surface area (Å²) in [5, 5.41) is 3.21. The largest absolute Gasteiger partial charge is 0.319 e. The van der Waals surface area contributed by atoms with E-state index in [4.69, 9.17) is 9.97 Å². The predicted molar refractivity (Wildman–Crippen MR) is 91.6 cm³/mol. The summed E-state index contributed by atoms with van der Waals surface area (Å²) < 4.78 is 1.07. The molecule has 0 aliphatic heterocycles. The molecule has 4 heteroatoms. The van der Waals surface area contributed by atoms with Crippen molar-refractivity contribution in [1.29, 1.82) is 0 Å². The van der Waals surface area contributed by atoms with Crippen LogP contribution in [0.2, 0.25) is 0 Å². The zero-order chi connectivity index (χ0) is 15.2. The zero-order valence-corrected chi connectivity index (χ0v) is 14.5. The van der Waals surface area contributed by atoms with E-state index in [1.807, 2.05) is 19.2 Å². The van der Waals surface area contributed by atoms with E-state index in [0.29, 0.717) is 0 Å². The van der Waals surface area contributed by atoms with Gasteiger partial charge in [0.1, 0.15) is 0 Å². The van der Waals surface area contributed by atoms with E-state index >= 15 is 0 Å². The van der Waals surface area contributed by atoms with Crippen LogP contribution in [0.4, 0.5) is 0 Å². The van der Waals surface area contributed by atoms with E-state index in [9.17, 15) is 0 Å². The molecule has 0 saturated carbocycles. The highest BCUT2D eigenvalue weighted by Crippen LogP contribution is 2.22. The minimum absolute atomic E-state index is 0.837. The average Bonchev–Trinajstić information content (AvgIpc) is 2.52. The number of benzene rings is 1. The van der Waals surface area contributed by atoms with Crippen molar-refractivity contribution in [3.63, 3.8) is 0 Å². The normalized spacial score (nSPS) is 10.9. The summed E-state index contributed by atoms with van der Waals surface area (Å²) in [4.78, 5) is 9.60. The number of nitrogens with zero attached hydrogens (tertiary/aromatic N) is 2. The van der Waals surface area contributed by atoms with Gasteiger partial charge in [0.25, 0.3) is 0 Å². The van der Waals surface area contributed by atoms with Crippen molar-refractivity contribution in [1.82, 2.24) is 15.3 Å². The minimum Gasteiger partial charge on any atom is -0.319 e. The van der Waals surface area contributed by atoms with Gasteiger partial charge in [-0.05, 0) is 50.6 Å². The summed E-state index contributed by atoms with van der Waals surface area (Å²) in [6.45, 7) is 5.28. The Kier molecular flexibility index (Phi) is 5.88. The second-order valence-electron chi connectivity index (χ2n) is 4.99. The SMILES string of the molecule is CCc1nc(-c2ccc(Br)cc2)nc(CC)c1CCNC. The molecule has 0 aliphatic rings. The van der Waals surface area contributed by atoms with Gasteiger partial charge < -0.3 is 5.32 Å². The summed E-state index contributed by atoms with van der Waals surface area (Å²) >= 11 is 3.47. The molecule has 0 saturated heterocycles. The van der Waals surface area contributed by atoms with Gasteiger partial charge in [-0.2, -0.15) is 0 Å². The van der Waals surface area contributed by atoms with Crippen molar-refractivity contribution in [2.45, 2.75) is 33.1 Å². The van der Waals surface area contributed by atoms with E-state index in [0.717, 1.165) is 41.7 Å². The Labute approximate surface area is 135 Å². The lowest BCUT2D eigenvalue weighted by atomic mass is 10.0. The van der Waals surface area contributed by atoms with Crippen molar-refractivity contribution < 1.29 is 0 Å². The minimum atomic E-state index is 0.837. The second-order valence-corrected chi connectivity index (χ2v) is 5.90. The smallest absolute Gasteiger partial charge is 0.159 e. The molecule has 2 aromatic rings. The summed E-state index contributed by atoms with van der Waals surface area (Å²) in [6.07, 6.45) is 2.87. The van der Waals surface area contributed by atoms with Crippen LogP contribution in [0.5, 0.6) is 0 Å². The molecule has 112 valence electrons. The van der Waals surface area contributed by atoms with Crippen molar-refractivity contribution in [3.05, 3.63) is 45.7 Å². The third kappa shape index (κ3) is 3.89. The average molecular weight is 348 g/mol. The monoisotopic (exact) mass is 347 g/mol. The van der Waals surface area contributed by atoms with E-state index in [-0.39, 0.29) is 0 Å². The lowest BCUT2D eigenvalue weighted by Gasteiger charge is -2.14. The molecule has 2 rings (SSSR count). The molecule has 0 atom stereocenters. The first-order chi connectivity index (χ1) is 10.2. The summed E-state index contributed by atoms with van der Waals surface area (Å²) in [7, 11) is 1.98. The summed E-state index contributed by atoms with van der Waals surface area (Å²) in [5.41, 5.74) is 4.74. The first kappa shape index (κ1) is 16.1. The van der Waals surface area contributed by atoms with Gasteiger partial charge in [0.05, 0.1) is 0 Å². The fourth-order valence-electron chi connectivity index (χ4n) is 2.43. The summed E-state index contributed by atoms with van der Waals surface area (Å²) in [6, 6.07) is 8.19. The maximum absolute atomic E-state index is 4.80. The molecule has 0 bridgehead atoms. The summed E-state index contributed by atoms with van der Waals surface area (Å²) in [5.74, 6) is 0.837. The molecule has 1 N–H and O–H groups in total. The van der Waals surface area contributed by atoms with Crippen LogP contribution in [0.3, 0.4) is 0 Å². The van der Waals surface area contributed by atoms with Crippen LogP contribution in [0.1, 0.15) is 30.8 Å². The fourth-order valence-corrected chi connectivity index (χ4v) is 2.70. The lowest BCUT2D eigenvalue weighted by Crippen LogP contribution is -2.15. The molecular weight excluding hydrogens is 326 g/mol. The molecule has 3 nitrogen and oxygen atoms in total. The molecular formula is C17H22BrN3. The third-order valence-corrected chi connectivity index (χ3v) is 4.10. The van der Waals surface area contributed by atoms with Crippen LogP contribution in [-0.2, 0) is 19.3 Å². The fraction of sp³-hybridized carbons (Fsp3) is 0.412. The van der Waals surface area contributed by atoms with E-state index in [2.05, 4.69) is 47.2 Å². The molecule has 0 aliphatic carbocycles. The lowest BCUT2D eigenvalue weighted by molar-refractivity contribution is 0.760. The number of hydrogen-bond donors (Lipinski definition) is 1. The van der Waals surface area contributed by atoms with E-state index in [1.54, 1.807) is 0 Å². The topological polar surface area (TPSA) is 37.8 Å². The second kappa shape index (κ2) is 7.66. The Morgan fingerprint density at radius 1 is 1.00 bits per heavy atom. The van der Waals surface area contributed by atoms with Crippen LogP contribution in [-0.4, -0.2) is 23.6 Å². The van der Waals surface area contributed by atoms with Crippen LogP contribution < -0.4 is 5.32 Å². The predicted octanol–water partition coefficient (Wildman–Crippen LogP) is 3.79. The van der Waals surface area contributed by atoms with Crippen LogP contribution in [0, 0.1) is 0 Å². The number of aryl methyl sites for hydroxylation is 2. The van der Waals surface area contributed by atoms with Gasteiger partial charge in [0.2, 0.25) is 0 Å². The highest BCUT2D eigenvalue weighted by atomic mass is 79.9. The number of aromatic nitrogens is 2. The standard InChI is InChI=1S/C17H22BrN3/c1-4-15-14(10-11-19-3)16(5-2)21-17(20-15)12-6-8-13(18)9-7-12/h6-9,19H,4-5,10-11H2,1-3H3. The molecule has 0 amide bonds. The molecule has 21 heavy (non-hydrogen) atoms. The number of halogens is 1. The van der Waals surface area contributed by atoms with Crippen LogP contribution >= 0.6 is 15.9 Å². The zero-order valence-electron chi connectivity index (χ0n) is 12.9. The molecule has 1 heterocycles. The first-order valence-corrected chi connectivity index (χ1v) is 8.28. The van der Waals surface area contributed by atoms with Crippen molar-refractivity contribution in [3.8, 4) is 11.4 Å². The Bertz CT molecular complexity index is 568. The highest BCUT2D eigenvalue weighted by Gasteiger charge is 2.13. The maximum Gasteiger partial charge on any atom is 0.159 e. The van der Waals surface area contributed by atoms with Crippen molar-refractivity contribution in [2.24, 2.45) is 0 Å². The van der Waals surface area contributed by atoms with Crippen LogP contribution in [0.25, 0.3) is 11.4 Å². The Morgan fingerprint density at radius 2 is 1.57 bits per heavy atom. The van der Waals surface area contributed by atoms with Gasteiger partial charge in [-0.1, -0.05) is 41.9 Å². The third-order valence-electron chi connectivity index (χ3n) is 3.58. The Balaban J connectivity index is 2.46. The Morgan fingerprint density at radius 3 is 2.05 bits per heavy atom. The van der Waals surface area contributed by atoms with Gasteiger partial charge in [0.15, 0.2) is 5.82 Å². The van der Waals surface area contributed by atoms with Gasteiger partial charge in [0, 0.05) is 21.4 Å². The number of rotatable bonds is 6. The molecule has 0 radical (unpaired) electrons. The van der Waals surface area contributed by atoms with Gasteiger partial charge >= 0.3 is 0 Å². The highest BCUT2D eigenvalue weighted by molar-refractivity contribution is 9.10. The molecule has 0 unspecified atom stereocenters. The molecule has 0 spiro atoms. The quantitative estimate of drug-likeness (QED) is 0.863. The van der Waals surface area contributed by atoms with Crippen molar-refractivity contribution in [2.75, 3.05) is 13.6 Å². The number of nitrogens with one attached hydrogen (secondary N) is 1. The molecule has 1 aromatic carbocycles. The van der Waals surface area contributed by atoms with Crippen molar-refractivity contribution >= 4 is 15.9 Å². The van der Waals surface area contributed by atoms with Gasteiger partial charge in [-0.3, -0.25) is 0 Å². The molecule has 1 aromatic heterocycles. The number of hydrogen-bond acceptors (Lipinski definition) is 3. The molecule has 0 fully saturated rings. The maximum atomic E-state index is 4.80. The Hall–Kier alpha value is -1.26. The van der Waals surface area contributed by atoms with E-state index in [1.165, 1.54) is 17.0 Å².